The minimum absolute atomic E-state index is 0.273. The van der Waals surface area contributed by atoms with Crippen LogP contribution in [0.1, 0.15) is 19.3 Å². The van der Waals surface area contributed by atoms with E-state index in [9.17, 15) is 8.42 Å². The predicted molar refractivity (Wildman–Crippen MR) is 71.9 cm³/mol. The molecule has 2 heterocycles. The van der Waals surface area contributed by atoms with Crippen molar-refractivity contribution in [1.82, 2.24) is 4.98 Å². The standard InChI is InChI=1S/C11H15BrN2O2S/c12-10-5-3-6-13-11(10)14-8-9-4-1-2-7-17(9,15)16/h3,5-6,9H,1-2,4,7-8H2,(H,13,14). The van der Waals surface area contributed by atoms with Crippen LogP contribution in [0, 0.1) is 0 Å². The molecule has 1 aromatic rings. The molecular weight excluding hydrogens is 304 g/mol. The molecule has 1 fully saturated rings. The molecule has 1 atom stereocenters. The van der Waals surface area contributed by atoms with E-state index in [-0.39, 0.29) is 5.25 Å². The van der Waals surface area contributed by atoms with E-state index in [1.807, 2.05) is 12.1 Å². The molecule has 6 heteroatoms. The summed E-state index contributed by atoms with van der Waals surface area (Å²) >= 11 is 3.38. The number of nitrogens with one attached hydrogen (secondary N) is 1. The maximum absolute atomic E-state index is 11.8. The second-order valence-corrected chi connectivity index (χ2v) is 7.45. The van der Waals surface area contributed by atoms with Gasteiger partial charge in [-0.1, -0.05) is 6.42 Å². The number of hydrogen-bond donors (Lipinski definition) is 1. The van der Waals surface area contributed by atoms with Gasteiger partial charge in [0.25, 0.3) is 0 Å². The van der Waals surface area contributed by atoms with E-state index in [4.69, 9.17) is 0 Å². The zero-order valence-corrected chi connectivity index (χ0v) is 11.8. The first-order valence-electron chi connectivity index (χ1n) is 5.65. The second-order valence-electron chi connectivity index (χ2n) is 4.20. The van der Waals surface area contributed by atoms with E-state index in [1.54, 1.807) is 6.20 Å². The van der Waals surface area contributed by atoms with Gasteiger partial charge in [-0.15, -0.1) is 0 Å². The summed E-state index contributed by atoms with van der Waals surface area (Å²) in [7, 11) is -2.91. The van der Waals surface area contributed by atoms with Crippen molar-refractivity contribution >= 4 is 31.6 Å². The molecule has 4 nitrogen and oxygen atoms in total. The van der Waals surface area contributed by atoms with Crippen molar-refractivity contribution in [1.29, 1.82) is 0 Å². The normalized spacial score (nSPS) is 23.2. The van der Waals surface area contributed by atoms with Crippen LogP contribution in [0.4, 0.5) is 5.82 Å². The molecule has 94 valence electrons. The van der Waals surface area contributed by atoms with E-state index >= 15 is 0 Å². The lowest BCUT2D eigenvalue weighted by molar-refractivity contribution is 0.544. The summed E-state index contributed by atoms with van der Waals surface area (Å²) in [5.74, 6) is 1.02. The molecule has 1 unspecified atom stereocenters. The smallest absolute Gasteiger partial charge is 0.154 e. The number of anilines is 1. The first-order chi connectivity index (χ1) is 8.09. The topological polar surface area (TPSA) is 59.1 Å². The Bertz CT molecular complexity index is 490. The molecule has 0 aliphatic carbocycles. The van der Waals surface area contributed by atoms with Crippen molar-refractivity contribution in [2.75, 3.05) is 17.6 Å². The second kappa shape index (κ2) is 5.35. The number of sulfone groups is 1. The molecule has 0 radical (unpaired) electrons. The third-order valence-electron chi connectivity index (χ3n) is 2.97. The third kappa shape index (κ3) is 3.19. The molecule has 0 spiro atoms. The summed E-state index contributed by atoms with van der Waals surface area (Å²) in [6, 6.07) is 3.71. The number of aromatic nitrogens is 1. The van der Waals surface area contributed by atoms with Gasteiger partial charge in [0.1, 0.15) is 5.82 Å². The van der Waals surface area contributed by atoms with Gasteiger partial charge in [0.15, 0.2) is 9.84 Å². The van der Waals surface area contributed by atoms with Crippen molar-refractivity contribution in [2.24, 2.45) is 0 Å². The molecule has 17 heavy (non-hydrogen) atoms. The number of nitrogens with zero attached hydrogens (tertiary/aromatic N) is 1. The molecule has 2 rings (SSSR count). The van der Waals surface area contributed by atoms with E-state index in [1.165, 1.54) is 0 Å². The zero-order chi connectivity index (χ0) is 12.3. The Balaban J connectivity index is 2.01. The van der Waals surface area contributed by atoms with E-state index in [2.05, 4.69) is 26.2 Å². The lowest BCUT2D eigenvalue weighted by Gasteiger charge is -2.22. The summed E-state index contributed by atoms with van der Waals surface area (Å²) in [5, 5.41) is 2.83. The lowest BCUT2D eigenvalue weighted by Crippen LogP contribution is -2.34. The van der Waals surface area contributed by atoms with Crippen molar-refractivity contribution in [3.8, 4) is 0 Å². The summed E-state index contributed by atoms with van der Waals surface area (Å²) in [4.78, 5) is 4.16. The van der Waals surface area contributed by atoms with E-state index in [0.717, 1.165) is 23.7 Å². The molecule has 0 saturated carbocycles. The predicted octanol–water partition coefficient (Wildman–Crippen LogP) is 2.22. The number of rotatable bonds is 3. The van der Waals surface area contributed by atoms with Crippen LogP contribution >= 0.6 is 15.9 Å². The van der Waals surface area contributed by atoms with Gasteiger partial charge in [-0.3, -0.25) is 0 Å². The summed E-state index contributed by atoms with van der Waals surface area (Å²) in [6.07, 6.45) is 4.23. The Labute approximate surface area is 110 Å². The zero-order valence-electron chi connectivity index (χ0n) is 9.39. The third-order valence-corrected chi connectivity index (χ3v) is 5.88. The molecule has 0 bridgehead atoms. The van der Waals surface area contributed by atoms with Gasteiger partial charge in [0.2, 0.25) is 0 Å². The Kier molecular flexibility index (Phi) is 4.04. The Morgan fingerprint density at radius 3 is 3.00 bits per heavy atom. The van der Waals surface area contributed by atoms with Gasteiger partial charge in [0.05, 0.1) is 15.5 Å². The molecule has 1 aliphatic heterocycles. The van der Waals surface area contributed by atoms with E-state index in [0.29, 0.717) is 18.1 Å². The average Bonchev–Trinajstić information content (AvgIpc) is 2.29. The van der Waals surface area contributed by atoms with Crippen molar-refractivity contribution in [3.63, 3.8) is 0 Å². The van der Waals surface area contributed by atoms with Crippen LogP contribution in [0.25, 0.3) is 0 Å². The maximum atomic E-state index is 11.8. The van der Waals surface area contributed by atoms with Crippen molar-refractivity contribution < 1.29 is 8.42 Å². The van der Waals surface area contributed by atoms with Gasteiger partial charge < -0.3 is 5.32 Å². The molecule has 1 aromatic heterocycles. The fraction of sp³-hybridized carbons (Fsp3) is 0.545. The SMILES string of the molecule is O=S1(=O)CCCCC1CNc1ncccc1Br. The molecule has 0 aromatic carbocycles. The first kappa shape index (κ1) is 12.8. The van der Waals surface area contributed by atoms with E-state index < -0.39 is 9.84 Å². The molecule has 1 saturated heterocycles. The number of hydrogen-bond acceptors (Lipinski definition) is 4. The minimum atomic E-state index is -2.91. The molecule has 1 aliphatic rings. The van der Waals surface area contributed by atoms with Crippen LogP contribution in [-0.2, 0) is 9.84 Å². The van der Waals surface area contributed by atoms with Gasteiger partial charge in [0, 0.05) is 12.7 Å². The Hall–Kier alpha value is -0.620. The van der Waals surface area contributed by atoms with Gasteiger partial charge in [-0.05, 0) is 40.9 Å². The van der Waals surface area contributed by atoms with Gasteiger partial charge in [-0.2, -0.15) is 0 Å². The summed E-state index contributed by atoms with van der Waals surface area (Å²) in [6.45, 7) is 0.442. The van der Waals surface area contributed by atoms with Crippen LogP contribution in [0.15, 0.2) is 22.8 Å². The quantitative estimate of drug-likeness (QED) is 0.928. The largest absolute Gasteiger partial charge is 0.368 e. The molecule has 0 amide bonds. The lowest BCUT2D eigenvalue weighted by atomic mass is 10.2. The highest BCUT2D eigenvalue weighted by molar-refractivity contribution is 9.10. The monoisotopic (exact) mass is 318 g/mol. The molecule has 1 N–H and O–H groups in total. The maximum Gasteiger partial charge on any atom is 0.154 e. The minimum Gasteiger partial charge on any atom is -0.368 e. The number of pyridine rings is 1. The highest BCUT2D eigenvalue weighted by atomic mass is 79.9. The highest BCUT2D eigenvalue weighted by Gasteiger charge is 2.28. The fourth-order valence-electron chi connectivity index (χ4n) is 1.98. The summed E-state index contributed by atoms with van der Waals surface area (Å²) < 4.78 is 24.5. The first-order valence-corrected chi connectivity index (χ1v) is 8.16. The van der Waals surface area contributed by atoms with Crippen LogP contribution < -0.4 is 5.32 Å². The van der Waals surface area contributed by atoms with Gasteiger partial charge in [-0.25, -0.2) is 13.4 Å². The van der Waals surface area contributed by atoms with Crippen LogP contribution in [-0.4, -0.2) is 30.9 Å². The van der Waals surface area contributed by atoms with Crippen LogP contribution in [0.5, 0.6) is 0 Å². The summed E-state index contributed by atoms with van der Waals surface area (Å²) in [5.41, 5.74) is 0. The highest BCUT2D eigenvalue weighted by Crippen LogP contribution is 2.22. The average molecular weight is 319 g/mol. The number of halogens is 1. The fourth-order valence-corrected chi connectivity index (χ4v) is 4.17. The van der Waals surface area contributed by atoms with Crippen LogP contribution in [0.2, 0.25) is 0 Å². The van der Waals surface area contributed by atoms with Crippen molar-refractivity contribution in [3.05, 3.63) is 22.8 Å². The Morgan fingerprint density at radius 1 is 1.47 bits per heavy atom. The Morgan fingerprint density at radius 2 is 2.29 bits per heavy atom. The van der Waals surface area contributed by atoms with Crippen LogP contribution in [0.3, 0.4) is 0 Å². The van der Waals surface area contributed by atoms with Gasteiger partial charge >= 0.3 is 0 Å². The van der Waals surface area contributed by atoms with Crippen molar-refractivity contribution in [2.45, 2.75) is 24.5 Å². The molecular formula is C11H15BrN2O2S.